The molecule has 1 aromatic heterocycles. The largest absolute Gasteiger partial charge is 0.305 e. The lowest BCUT2D eigenvalue weighted by molar-refractivity contribution is 0.500. The molecule has 0 unspecified atom stereocenters. The van der Waals surface area contributed by atoms with Gasteiger partial charge in [-0.25, -0.2) is 13.1 Å². The first-order valence-corrected chi connectivity index (χ1v) is 9.59. The van der Waals surface area contributed by atoms with Crippen LogP contribution in [0.4, 0.5) is 0 Å². The topological polar surface area (TPSA) is 76.9 Å². The zero-order chi connectivity index (χ0) is 17.0. The summed E-state index contributed by atoms with van der Waals surface area (Å²) >= 11 is 10.1. The number of halogens is 1. The van der Waals surface area contributed by atoms with E-state index in [9.17, 15) is 8.42 Å². The Morgan fingerprint density at radius 1 is 1.26 bits per heavy atom. The van der Waals surface area contributed by atoms with E-state index >= 15 is 0 Å². The van der Waals surface area contributed by atoms with E-state index in [-0.39, 0.29) is 4.90 Å². The van der Waals surface area contributed by atoms with Gasteiger partial charge in [-0.1, -0.05) is 25.4 Å². The molecule has 1 heterocycles. The Bertz CT molecular complexity index is 760. The minimum atomic E-state index is -3.67. The van der Waals surface area contributed by atoms with Crippen molar-refractivity contribution in [3.8, 4) is 0 Å². The van der Waals surface area contributed by atoms with Crippen LogP contribution < -0.4 is 4.72 Å². The van der Waals surface area contributed by atoms with Crippen molar-refractivity contribution in [1.29, 1.82) is 0 Å². The van der Waals surface area contributed by atoms with Crippen molar-refractivity contribution in [3.63, 3.8) is 0 Å². The fraction of sp³-hybridized carbons (Fsp3) is 0.429. The predicted octanol–water partition coefficient (Wildman–Crippen LogP) is 3.06. The summed E-state index contributed by atoms with van der Waals surface area (Å²) in [5.74, 6) is 0.567. The minimum absolute atomic E-state index is 0.160. The third-order valence-corrected chi connectivity index (χ3v) is 5.42. The van der Waals surface area contributed by atoms with Crippen molar-refractivity contribution < 1.29 is 8.42 Å². The van der Waals surface area contributed by atoms with E-state index in [1.54, 1.807) is 12.1 Å². The molecule has 0 amide bonds. The molecular formula is C14H19ClN4O2S2. The summed E-state index contributed by atoms with van der Waals surface area (Å²) in [5, 5.41) is 8.99. The molecule has 2 rings (SSSR count). The number of benzene rings is 1. The molecule has 0 aliphatic rings. The van der Waals surface area contributed by atoms with Crippen LogP contribution in [0.15, 0.2) is 34.3 Å². The number of thiol groups is 1. The summed E-state index contributed by atoms with van der Waals surface area (Å²) < 4.78 is 29.6. The molecule has 1 N–H and O–H groups in total. The van der Waals surface area contributed by atoms with Gasteiger partial charge in [0, 0.05) is 11.6 Å². The van der Waals surface area contributed by atoms with Crippen molar-refractivity contribution in [3.05, 3.63) is 35.1 Å². The number of sulfonamides is 1. The first kappa shape index (κ1) is 18.3. The Balaban J connectivity index is 2.30. The van der Waals surface area contributed by atoms with Gasteiger partial charge in [0.2, 0.25) is 10.0 Å². The summed E-state index contributed by atoms with van der Waals surface area (Å²) in [4.78, 5) is 0.160. The quantitative estimate of drug-likeness (QED) is 0.730. The maximum absolute atomic E-state index is 12.5. The molecule has 23 heavy (non-hydrogen) atoms. The first-order chi connectivity index (χ1) is 10.9. The Hall–Kier alpha value is -1.09. The SMILES string of the molecule is CCCn1c(S)nnc1[C@@H](CC)NS(=O)(=O)c1ccc(Cl)cc1. The van der Waals surface area contributed by atoms with Crippen LogP contribution in [0.3, 0.4) is 0 Å². The fourth-order valence-electron chi connectivity index (χ4n) is 2.19. The van der Waals surface area contributed by atoms with Crippen LogP contribution in [0.1, 0.15) is 38.6 Å². The van der Waals surface area contributed by atoms with Crippen LogP contribution in [0, 0.1) is 0 Å². The van der Waals surface area contributed by atoms with Crippen LogP contribution in [0.5, 0.6) is 0 Å². The lowest BCUT2D eigenvalue weighted by Gasteiger charge is -2.18. The molecule has 6 nitrogen and oxygen atoms in total. The number of aromatic nitrogens is 3. The third kappa shape index (κ3) is 4.26. The average molecular weight is 375 g/mol. The van der Waals surface area contributed by atoms with Crippen molar-refractivity contribution in [2.75, 3.05) is 0 Å². The zero-order valence-electron chi connectivity index (χ0n) is 12.9. The molecular weight excluding hydrogens is 356 g/mol. The van der Waals surface area contributed by atoms with Gasteiger partial charge >= 0.3 is 0 Å². The Kier molecular flexibility index (Phi) is 6.07. The maximum atomic E-state index is 12.5. The number of hydrogen-bond acceptors (Lipinski definition) is 5. The molecule has 0 saturated heterocycles. The van der Waals surface area contributed by atoms with Crippen molar-refractivity contribution >= 4 is 34.3 Å². The molecule has 126 valence electrons. The van der Waals surface area contributed by atoms with Gasteiger partial charge in [0.05, 0.1) is 10.9 Å². The molecule has 0 aliphatic heterocycles. The Morgan fingerprint density at radius 3 is 2.48 bits per heavy atom. The smallest absolute Gasteiger partial charge is 0.241 e. The monoisotopic (exact) mass is 374 g/mol. The molecule has 0 fully saturated rings. The van der Waals surface area contributed by atoms with Gasteiger partial charge in [0.1, 0.15) is 0 Å². The summed E-state index contributed by atoms with van der Waals surface area (Å²) in [5.41, 5.74) is 0. The molecule has 0 radical (unpaired) electrons. The van der Waals surface area contributed by atoms with Crippen LogP contribution >= 0.6 is 24.2 Å². The predicted molar refractivity (Wildman–Crippen MR) is 92.4 cm³/mol. The highest BCUT2D eigenvalue weighted by atomic mass is 35.5. The highest BCUT2D eigenvalue weighted by molar-refractivity contribution is 7.89. The van der Waals surface area contributed by atoms with Crippen LogP contribution in [-0.4, -0.2) is 23.2 Å². The van der Waals surface area contributed by atoms with Crippen molar-refractivity contribution in [2.45, 2.75) is 49.3 Å². The van der Waals surface area contributed by atoms with Crippen LogP contribution in [0.25, 0.3) is 0 Å². The number of hydrogen-bond donors (Lipinski definition) is 2. The average Bonchev–Trinajstić information content (AvgIpc) is 2.87. The fourth-order valence-corrected chi connectivity index (χ4v) is 3.84. The minimum Gasteiger partial charge on any atom is -0.305 e. The lowest BCUT2D eigenvalue weighted by atomic mass is 10.2. The summed E-state index contributed by atoms with van der Waals surface area (Å²) in [6, 6.07) is 5.55. The molecule has 0 saturated carbocycles. The highest BCUT2D eigenvalue weighted by Gasteiger charge is 2.25. The standard InChI is InChI=1S/C14H19ClN4O2S2/c1-3-9-19-13(16-17-14(19)22)12(4-2)18-23(20,21)11-7-5-10(15)6-8-11/h5-8,12,18H,3-4,9H2,1-2H3,(H,17,22)/t12-/m1/s1. The summed E-state index contributed by atoms with van der Waals surface area (Å²) in [6.07, 6.45) is 1.42. The van der Waals surface area contributed by atoms with Gasteiger partial charge in [-0.15, -0.1) is 22.8 Å². The van der Waals surface area contributed by atoms with E-state index in [0.29, 0.717) is 29.0 Å². The summed E-state index contributed by atoms with van der Waals surface area (Å²) in [6.45, 7) is 4.59. The van der Waals surface area contributed by atoms with Crippen LogP contribution in [0.2, 0.25) is 5.02 Å². The maximum Gasteiger partial charge on any atom is 0.241 e. The molecule has 0 bridgehead atoms. The second kappa shape index (κ2) is 7.65. The molecule has 2 aromatic rings. The van der Waals surface area contributed by atoms with E-state index in [2.05, 4.69) is 27.5 Å². The van der Waals surface area contributed by atoms with Gasteiger partial charge in [0.15, 0.2) is 11.0 Å². The molecule has 0 spiro atoms. The number of nitrogens with one attached hydrogen (secondary N) is 1. The van der Waals surface area contributed by atoms with E-state index in [4.69, 9.17) is 11.6 Å². The van der Waals surface area contributed by atoms with Crippen molar-refractivity contribution in [2.24, 2.45) is 0 Å². The van der Waals surface area contributed by atoms with E-state index in [1.807, 2.05) is 18.4 Å². The van der Waals surface area contributed by atoms with Gasteiger partial charge in [-0.3, -0.25) is 0 Å². The zero-order valence-corrected chi connectivity index (χ0v) is 15.4. The normalized spacial score (nSPS) is 13.2. The second-order valence-electron chi connectivity index (χ2n) is 5.05. The molecule has 9 heteroatoms. The van der Waals surface area contributed by atoms with E-state index in [1.165, 1.54) is 12.1 Å². The highest BCUT2D eigenvalue weighted by Crippen LogP contribution is 2.22. The first-order valence-electron chi connectivity index (χ1n) is 7.29. The van der Waals surface area contributed by atoms with Crippen LogP contribution in [-0.2, 0) is 16.6 Å². The van der Waals surface area contributed by atoms with Gasteiger partial charge in [-0.05, 0) is 37.1 Å². The number of rotatable bonds is 7. The van der Waals surface area contributed by atoms with E-state index in [0.717, 1.165) is 6.42 Å². The lowest BCUT2D eigenvalue weighted by Crippen LogP contribution is -2.30. The second-order valence-corrected chi connectivity index (χ2v) is 7.60. The Morgan fingerprint density at radius 2 is 1.91 bits per heavy atom. The molecule has 1 atom stereocenters. The molecule has 1 aromatic carbocycles. The Labute approximate surface area is 146 Å². The van der Waals surface area contributed by atoms with Crippen molar-refractivity contribution in [1.82, 2.24) is 19.5 Å². The molecule has 0 aliphatic carbocycles. The summed E-state index contributed by atoms with van der Waals surface area (Å²) in [7, 11) is -3.67. The number of nitrogens with zero attached hydrogens (tertiary/aromatic N) is 3. The van der Waals surface area contributed by atoms with E-state index < -0.39 is 16.1 Å². The van der Waals surface area contributed by atoms with Gasteiger partial charge < -0.3 is 4.57 Å². The third-order valence-electron chi connectivity index (χ3n) is 3.35. The van der Waals surface area contributed by atoms with Gasteiger partial charge in [-0.2, -0.15) is 0 Å². The van der Waals surface area contributed by atoms with Gasteiger partial charge in [0.25, 0.3) is 0 Å².